The normalized spacial score (nSPS) is 19.2. The number of sulfonamides is 1. The lowest BCUT2D eigenvalue weighted by Crippen LogP contribution is -2.45. The lowest BCUT2D eigenvalue weighted by atomic mass is 9.98. The van der Waals surface area contributed by atoms with Crippen LogP contribution in [0.4, 0.5) is 4.39 Å². The number of nitrogens with zero attached hydrogens (tertiary/aromatic N) is 1. The zero-order valence-electron chi connectivity index (χ0n) is 15.4. The van der Waals surface area contributed by atoms with Gasteiger partial charge in [-0.1, -0.05) is 23.7 Å². The number of hydrogen-bond acceptors (Lipinski definition) is 3. The maximum Gasteiger partial charge on any atom is 0.243 e. The fraction of sp³-hybridized carbons (Fsp3) is 0.350. The summed E-state index contributed by atoms with van der Waals surface area (Å²) in [6.07, 6.45) is 1.23. The van der Waals surface area contributed by atoms with Crippen LogP contribution in [-0.4, -0.2) is 31.7 Å². The fourth-order valence-electron chi connectivity index (χ4n) is 3.30. The number of carbonyl (C=O) groups excluding carboxylic acids is 1. The summed E-state index contributed by atoms with van der Waals surface area (Å²) >= 11 is 5.84. The topological polar surface area (TPSA) is 66.5 Å². The largest absolute Gasteiger partial charge is 0.349 e. The van der Waals surface area contributed by atoms with E-state index in [1.807, 2.05) is 6.92 Å². The lowest BCUT2D eigenvalue weighted by Gasteiger charge is -2.32. The molecule has 28 heavy (non-hydrogen) atoms. The molecule has 0 aromatic heterocycles. The van der Waals surface area contributed by atoms with Gasteiger partial charge in [0.25, 0.3) is 0 Å². The number of rotatable bonds is 5. The van der Waals surface area contributed by atoms with Crippen molar-refractivity contribution in [3.63, 3.8) is 0 Å². The first-order chi connectivity index (χ1) is 13.3. The molecule has 0 radical (unpaired) electrons. The summed E-state index contributed by atoms with van der Waals surface area (Å²) in [7, 11) is -3.68. The van der Waals surface area contributed by atoms with Crippen LogP contribution in [0, 0.1) is 11.7 Å². The third kappa shape index (κ3) is 4.71. The molecule has 0 aliphatic carbocycles. The van der Waals surface area contributed by atoms with E-state index in [2.05, 4.69) is 5.32 Å². The van der Waals surface area contributed by atoms with E-state index in [1.54, 1.807) is 12.1 Å². The molecule has 0 saturated carbocycles. The predicted octanol–water partition coefficient (Wildman–Crippen LogP) is 3.76. The first-order valence-corrected chi connectivity index (χ1v) is 10.9. The Labute approximate surface area is 169 Å². The van der Waals surface area contributed by atoms with Crippen LogP contribution in [0.25, 0.3) is 0 Å². The number of halogens is 2. The molecule has 1 amide bonds. The quantitative estimate of drug-likeness (QED) is 0.794. The molecule has 0 spiro atoms. The molecule has 1 aliphatic heterocycles. The number of piperidine rings is 1. The molecule has 1 N–H and O–H groups in total. The molecule has 2 atom stereocenters. The second kappa shape index (κ2) is 8.59. The molecule has 1 heterocycles. The molecular formula is C20H22ClFN2O3S. The highest BCUT2D eigenvalue weighted by Gasteiger charge is 2.33. The fourth-order valence-corrected chi connectivity index (χ4v) is 4.95. The highest BCUT2D eigenvalue weighted by molar-refractivity contribution is 7.89. The third-order valence-electron chi connectivity index (χ3n) is 4.94. The van der Waals surface area contributed by atoms with Gasteiger partial charge in [0.1, 0.15) is 5.82 Å². The molecule has 1 aliphatic rings. The Bertz CT molecular complexity index is 933. The van der Waals surface area contributed by atoms with Gasteiger partial charge in [-0.25, -0.2) is 12.8 Å². The van der Waals surface area contributed by atoms with E-state index >= 15 is 0 Å². The van der Waals surface area contributed by atoms with Crippen molar-refractivity contribution in [2.45, 2.75) is 30.7 Å². The van der Waals surface area contributed by atoms with E-state index in [1.165, 1.54) is 40.7 Å². The Morgan fingerprint density at radius 3 is 2.46 bits per heavy atom. The monoisotopic (exact) mass is 424 g/mol. The molecular weight excluding hydrogens is 403 g/mol. The molecule has 8 heteroatoms. The molecule has 150 valence electrons. The predicted molar refractivity (Wildman–Crippen MR) is 106 cm³/mol. The summed E-state index contributed by atoms with van der Waals surface area (Å²) in [6, 6.07) is 11.7. The molecule has 5 nitrogen and oxygen atoms in total. The number of amides is 1. The first kappa shape index (κ1) is 20.8. The van der Waals surface area contributed by atoms with Crippen LogP contribution >= 0.6 is 11.6 Å². The maximum absolute atomic E-state index is 13.1. The zero-order chi connectivity index (χ0) is 20.3. The van der Waals surface area contributed by atoms with Crippen molar-refractivity contribution in [2.24, 2.45) is 5.92 Å². The van der Waals surface area contributed by atoms with Crippen molar-refractivity contribution in [1.82, 2.24) is 9.62 Å². The number of nitrogens with one attached hydrogen (secondary N) is 1. The first-order valence-electron chi connectivity index (χ1n) is 9.09. The molecule has 1 saturated heterocycles. The van der Waals surface area contributed by atoms with Gasteiger partial charge in [0, 0.05) is 18.1 Å². The number of benzene rings is 2. The Hall–Kier alpha value is -1.96. The van der Waals surface area contributed by atoms with Crippen molar-refractivity contribution < 1.29 is 17.6 Å². The minimum atomic E-state index is -3.68. The van der Waals surface area contributed by atoms with Gasteiger partial charge in [0.05, 0.1) is 16.9 Å². The summed E-state index contributed by atoms with van der Waals surface area (Å²) in [6.45, 7) is 2.32. The van der Waals surface area contributed by atoms with E-state index in [0.717, 1.165) is 5.56 Å². The average Bonchev–Trinajstić information content (AvgIpc) is 2.69. The highest BCUT2D eigenvalue weighted by Crippen LogP contribution is 2.25. The lowest BCUT2D eigenvalue weighted by molar-refractivity contribution is -0.126. The van der Waals surface area contributed by atoms with Gasteiger partial charge >= 0.3 is 0 Å². The molecule has 0 unspecified atom stereocenters. The van der Waals surface area contributed by atoms with Crippen LogP contribution in [0.2, 0.25) is 5.02 Å². The minimum absolute atomic E-state index is 0.132. The van der Waals surface area contributed by atoms with Crippen molar-refractivity contribution in [2.75, 3.05) is 13.1 Å². The van der Waals surface area contributed by atoms with Crippen LogP contribution < -0.4 is 5.32 Å². The smallest absolute Gasteiger partial charge is 0.243 e. The number of hydrogen-bond donors (Lipinski definition) is 1. The minimum Gasteiger partial charge on any atom is -0.349 e. The summed E-state index contributed by atoms with van der Waals surface area (Å²) < 4.78 is 40.1. The molecule has 2 aromatic rings. The van der Waals surface area contributed by atoms with Crippen LogP contribution in [0.1, 0.15) is 31.4 Å². The van der Waals surface area contributed by atoms with Gasteiger partial charge in [0.2, 0.25) is 15.9 Å². The van der Waals surface area contributed by atoms with Gasteiger partial charge < -0.3 is 5.32 Å². The summed E-state index contributed by atoms with van der Waals surface area (Å²) in [4.78, 5) is 12.8. The van der Waals surface area contributed by atoms with Gasteiger partial charge in [-0.05, 0) is 61.7 Å². The van der Waals surface area contributed by atoms with Gasteiger partial charge in [0.15, 0.2) is 0 Å². The summed E-state index contributed by atoms with van der Waals surface area (Å²) in [5.41, 5.74) is 0.788. The van der Waals surface area contributed by atoms with E-state index in [-0.39, 0.29) is 29.2 Å². The Kier molecular flexibility index (Phi) is 6.37. The van der Waals surface area contributed by atoms with Crippen molar-refractivity contribution in [1.29, 1.82) is 0 Å². The van der Waals surface area contributed by atoms with E-state index in [9.17, 15) is 17.6 Å². The third-order valence-corrected chi connectivity index (χ3v) is 7.07. The Morgan fingerprint density at radius 1 is 1.18 bits per heavy atom. The summed E-state index contributed by atoms with van der Waals surface area (Å²) in [5, 5.41) is 3.37. The van der Waals surface area contributed by atoms with Crippen molar-refractivity contribution >= 4 is 27.5 Å². The van der Waals surface area contributed by atoms with Gasteiger partial charge in [-0.2, -0.15) is 4.31 Å². The van der Waals surface area contributed by atoms with Gasteiger partial charge in [-0.15, -0.1) is 0 Å². The second-order valence-electron chi connectivity index (χ2n) is 6.94. The van der Waals surface area contributed by atoms with E-state index in [0.29, 0.717) is 24.4 Å². The van der Waals surface area contributed by atoms with Crippen LogP contribution in [0.15, 0.2) is 53.4 Å². The van der Waals surface area contributed by atoms with E-state index < -0.39 is 15.9 Å². The Balaban J connectivity index is 1.67. The van der Waals surface area contributed by atoms with Gasteiger partial charge in [-0.3, -0.25) is 4.79 Å². The van der Waals surface area contributed by atoms with E-state index in [4.69, 9.17) is 11.6 Å². The molecule has 1 fully saturated rings. The van der Waals surface area contributed by atoms with Crippen LogP contribution in [0.5, 0.6) is 0 Å². The van der Waals surface area contributed by atoms with Crippen molar-refractivity contribution in [3.8, 4) is 0 Å². The standard InChI is InChI=1S/C20H22ClFN2O3S/c1-14(15-4-8-18(22)9-5-15)23-20(25)16-3-2-12-24(13-16)28(26,27)19-10-6-17(21)7-11-19/h4-11,14,16H,2-3,12-13H2,1H3,(H,23,25)/t14-,16-/m0/s1. The Morgan fingerprint density at radius 2 is 1.82 bits per heavy atom. The zero-order valence-corrected chi connectivity index (χ0v) is 17.0. The maximum atomic E-state index is 13.1. The number of carbonyl (C=O) groups is 1. The molecule has 3 rings (SSSR count). The van der Waals surface area contributed by atoms with Crippen molar-refractivity contribution in [3.05, 3.63) is 64.9 Å². The molecule has 0 bridgehead atoms. The highest BCUT2D eigenvalue weighted by atomic mass is 35.5. The van der Waals surface area contributed by atoms with Crippen LogP contribution in [-0.2, 0) is 14.8 Å². The second-order valence-corrected chi connectivity index (χ2v) is 9.31. The average molecular weight is 425 g/mol. The van der Waals surface area contributed by atoms with Crippen LogP contribution in [0.3, 0.4) is 0 Å². The molecule has 2 aromatic carbocycles. The SMILES string of the molecule is C[C@H](NC(=O)[C@H]1CCCN(S(=O)(=O)c2ccc(Cl)cc2)C1)c1ccc(F)cc1. The summed E-state index contributed by atoms with van der Waals surface area (Å²) in [5.74, 6) is -0.968.